The summed E-state index contributed by atoms with van der Waals surface area (Å²) < 4.78 is 5.32. The fourth-order valence-electron chi connectivity index (χ4n) is 4.27. The maximum absolute atomic E-state index is 12.6. The molecule has 0 aliphatic rings. The maximum Gasteiger partial charge on any atom is 0.314 e. The van der Waals surface area contributed by atoms with Crippen LogP contribution in [0.25, 0.3) is 43.2 Å². The van der Waals surface area contributed by atoms with Gasteiger partial charge in [-0.1, -0.05) is 66.7 Å². The van der Waals surface area contributed by atoms with Crippen molar-refractivity contribution in [1.82, 2.24) is 4.98 Å². The largest absolute Gasteiger partial charge is 0.465 e. The topological polar surface area (TPSA) is 39.2 Å². The van der Waals surface area contributed by atoms with Gasteiger partial charge in [0, 0.05) is 10.8 Å². The van der Waals surface area contributed by atoms with Crippen LogP contribution in [0, 0.1) is 0 Å². The molecule has 0 aliphatic carbocycles. The molecule has 0 N–H and O–H groups in total. The molecule has 142 valence electrons. The Morgan fingerprint density at radius 2 is 1.45 bits per heavy atom. The Bertz CT molecular complexity index is 1400. The van der Waals surface area contributed by atoms with E-state index < -0.39 is 5.92 Å². The number of ether oxygens (including phenoxy) is 1. The summed E-state index contributed by atoms with van der Waals surface area (Å²) in [7, 11) is 0. The molecule has 3 nitrogen and oxygen atoms in total. The van der Waals surface area contributed by atoms with E-state index in [0.717, 1.165) is 38.1 Å². The van der Waals surface area contributed by atoms with Gasteiger partial charge in [-0.15, -0.1) is 0 Å². The van der Waals surface area contributed by atoms with Crippen LogP contribution in [0.4, 0.5) is 0 Å². The third-order valence-electron chi connectivity index (χ3n) is 5.65. The van der Waals surface area contributed by atoms with Crippen LogP contribution in [-0.2, 0) is 9.53 Å². The van der Waals surface area contributed by atoms with Crippen molar-refractivity contribution >= 4 is 49.2 Å². The summed E-state index contributed by atoms with van der Waals surface area (Å²) in [6.45, 7) is 4.08. The van der Waals surface area contributed by atoms with Crippen molar-refractivity contribution in [2.75, 3.05) is 6.61 Å². The zero-order valence-corrected chi connectivity index (χ0v) is 16.5. The maximum atomic E-state index is 12.6. The first-order valence-electron chi connectivity index (χ1n) is 9.98. The van der Waals surface area contributed by atoms with Gasteiger partial charge in [0.25, 0.3) is 0 Å². The van der Waals surface area contributed by atoms with E-state index in [9.17, 15) is 4.79 Å². The van der Waals surface area contributed by atoms with Crippen molar-refractivity contribution in [3.63, 3.8) is 0 Å². The summed E-state index contributed by atoms with van der Waals surface area (Å²) >= 11 is 0. The number of hydrogen-bond donors (Lipinski definition) is 0. The van der Waals surface area contributed by atoms with Gasteiger partial charge < -0.3 is 4.74 Å². The number of pyridine rings is 1. The normalized spacial score (nSPS) is 12.6. The molecule has 5 rings (SSSR count). The van der Waals surface area contributed by atoms with Crippen molar-refractivity contribution in [2.45, 2.75) is 19.8 Å². The molecule has 0 saturated carbocycles. The number of aromatic nitrogens is 1. The Kier molecular flexibility index (Phi) is 4.17. The van der Waals surface area contributed by atoms with E-state index in [0.29, 0.717) is 6.61 Å². The second-order valence-corrected chi connectivity index (χ2v) is 7.36. The van der Waals surface area contributed by atoms with E-state index in [-0.39, 0.29) is 5.97 Å². The van der Waals surface area contributed by atoms with Gasteiger partial charge in [-0.2, -0.15) is 0 Å². The molecule has 1 atom stereocenters. The molecule has 0 aliphatic heterocycles. The van der Waals surface area contributed by atoms with Crippen LogP contribution in [-0.4, -0.2) is 17.6 Å². The zero-order chi connectivity index (χ0) is 20.0. The molecule has 5 aromatic rings. The van der Waals surface area contributed by atoms with Crippen molar-refractivity contribution in [3.8, 4) is 0 Å². The Morgan fingerprint density at radius 1 is 0.828 bits per heavy atom. The fourth-order valence-corrected chi connectivity index (χ4v) is 4.27. The van der Waals surface area contributed by atoms with E-state index in [1.807, 2.05) is 32.0 Å². The van der Waals surface area contributed by atoms with E-state index in [1.54, 1.807) is 0 Å². The van der Waals surface area contributed by atoms with Crippen LogP contribution in [0.3, 0.4) is 0 Å². The molecule has 29 heavy (non-hydrogen) atoms. The standard InChI is InChI=1S/C26H21NO2/c1-3-29-26(28)16(2)25-24-20-11-7-5-8-17(20)12-14-21(24)23-19-10-6-4-9-18(19)13-15-22(23)27-25/h4-16H,3H2,1-2H3/t16-/m1/s1. The second kappa shape index (κ2) is 6.85. The van der Waals surface area contributed by atoms with Crippen molar-refractivity contribution < 1.29 is 9.53 Å². The number of nitrogens with zero attached hydrogens (tertiary/aromatic N) is 1. The number of hydrogen-bond acceptors (Lipinski definition) is 3. The van der Waals surface area contributed by atoms with Crippen molar-refractivity contribution in [2.24, 2.45) is 0 Å². The Morgan fingerprint density at radius 3 is 2.14 bits per heavy atom. The molecule has 0 amide bonds. The molecular weight excluding hydrogens is 358 g/mol. The van der Waals surface area contributed by atoms with Gasteiger partial charge >= 0.3 is 5.97 Å². The zero-order valence-electron chi connectivity index (χ0n) is 16.5. The smallest absolute Gasteiger partial charge is 0.314 e. The molecule has 0 spiro atoms. The van der Waals surface area contributed by atoms with Crippen molar-refractivity contribution in [1.29, 1.82) is 0 Å². The summed E-state index contributed by atoms with van der Waals surface area (Å²) in [5.41, 5.74) is 1.68. The number of rotatable bonds is 3. The van der Waals surface area contributed by atoms with Gasteiger partial charge in [0.05, 0.1) is 23.7 Å². The van der Waals surface area contributed by atoms with Crippen LogP contribution in [0.5, 0.6) is 0 Å². The summed E-state index contributed by atoms with van der Waals surface area (Å²) in [6.07, 6.45) is 0. The third-order valence-corrected chi connectivity index (χ3v) is 5.65. The van der Waals surface area contributed by atoms with Gasteiger partial charge in [-0.3, -0.25) is 9.78 Å². The lowest BCUT2D eigenvalue weighted by atomic mass is 9.91. The quantitative estimate of drug-likeness (QED) is 0.270. The van der Waals surface area contributed by atoms with Gasteiger partial charge in [-0.25, -0.2) is 0 Å². The minimum atomic E-state index is -0.445. The molecular formula is C26H21NO2. The average molecular weight is 379 g/mol. The predicted molar refractivity (Wildman–Crippen MR) is 119 cm³/mol. The van der Waals surface area contributed by atoms with Crippen LogP contribution in [0.15, 0.2) is 72.8 Å². The molecule has 3 heteroatoms. The van der Waals surface area contributed by atoms with Crippen LogP contribution in [0.2, 0.25) is 0 Å². The number of benzene rings is 4. The molecule has 0 radical (unpaired) electrons. The molecule has 1 heterocycles. The van der Waals surface area contributed by atoms with Crippen LogP contribution >= 0.6 is 0 Å². The lowest BCUT2D eigenvalue weighted by Gasteiger charge is -2.17. The third kappa shape index (κ3) is 2.73. The molecule has 0 unspecified atom stereocenters. The van der Waals surface area contributed by atoms with Crippen molar-refractivity contribution in [3.05, 3.63) is 78.5 Å². The van der Waals surface area contributed by atoms with E-state index in [2.05, 4.69) is 54.6 Å². The monoisotopic (exact) mass is 379 g/mol. The highest BCUT2D eigenvalue weighted by atomic mass is 16.5. The first-order chi connectivity index (χ1) is 14.2. The molecule has 0 saturated heterocycles. The van der Waals surface area contributed by atoms with Gasteiger partial charge in [-0.05, 0) is 46.8 Å². The summed E-state index contributed by atoms with van der Waals surface area (Å²) in [5.74, 6) is -0.687. The molecule has 0 fully saturated rings. The van der Waals surface area contributed by atoms with E-state index in [1.165, 1.54) is 10.8 Å². The number of esters is 1. The van der Waals surface area contributed by atoms with E-state index in [4.69, 9.17) is 9.72 Å². The molecule has 1 aromatic heterocycles. The Hall–Kier alpha value is -3.46. The highest BCUT2D eigenvalue weighted by molar-refractivity contribution is 6.24. The lowest BCUT2D eigenvalue weighted by Crippen LogP contribution is -2.15. The Balaban J connectivity index is 1.99. The van der Waals surface area contributed by atoms with Gasteiger partial charge in [0.2, 0.25) is 0 Å². The van der Waals surface area contributed by atoms with E-state index >= 15 is 0 Å². The summed E-state index contributed by atoms with van der Waals surface area (Å²) in [6, 6.07) is 25.1. The number of fused-ring (bicyclic) bond motifs is 7. The highest BCUT2D eigenvalue weighted by Gasteiger charge is 2.23. The molecule has 4 aromatic carbocycles. The highest BCUT2D eigenvalue weighted by Crippen LogP contribution is 2.38. The number of carbonyl (C=O) groups is 1. The summed E-state index contributed by atoms with van der Waals surface area (Å²) in [5, 5.41) is 7.89. The molecule has 0 bridgehead atoms. The predicted octanol–water partition coefficient (Wildman–Crippen LogP) is 6.36. The average Bonchev–Trinajstić information content (AvgIpc) is 2.77. The van der Waals surface area contributed by atoms with Crippen LogP contribution < -0.4 is 0 Å². The minimum Gasteiger partial charge on any atom is -0.465 e. The first kappa shape index (κ1) is 17.6. The minimum absolute atomic E-state index is 0.241. The fraction of sp³-hybridized carbons (Fsp3) is 0.154. The summed E-state index contributed by atoms with van der Waals surface area (Å²) in [4.78, 5) is 17.6. The first-order valence-corrected chi connectivity index (χ1v) is 9.98. The van der Waals surface area contributed by atoms with Crippen LogP contribution in [0.1, 0.15) is 25.5 Å². The SMILES string of the molecule is CCOC(=O)[C@H](C)c1nc2ccc3ccccc3c2c2ccc3ccccc3c12. The lowest BCUT2D eigenvalue weighted by molar-refractivity contribution is -0.144. The Labute approximate surface area is 168 Å². The second-order valence-electron chi connectivity index (χ2n) is 7.36. The van der Waals surface area contributed by atoms with Gasteiger partial charge in [0.1, 0.15) is 0 Å². The number of carbonyl (C=O) groups excluding carboxylic acids is 1. The van der Waals surface area contributed by atoms with Gasteiger partial charge in [0.15, 0.2) is 0 Å².